The first-order valence-electron chi connectivity index (χ1n) is 4.42. The van der Waals surface area contributed by atoms with E-state index in [9.17, 15) is 4.79 Å². The third-order valence-corrected chi connectivity index (χ3v) is 1.83. The molecule has 4 nitrogen and oxygen atoms in total. The quantitative estimate of drug-likeness (QED) is 0.572. The highest BCUT2D eigenvalue weighted by Gasteiger charge is 2.10. The first kappa shape index (κ1) is 12.4. The molecule has 0 fully saturated rings. The maximum Gasteiger partial charge on any atom is 0.248 e. The summed E-state index contributed by atoms with van der Waals surface area (Å²) >= 11 is 0. The highest BCUT2D eigenvalue weighted by Crippen LogP contribution is 1.94. The van der Waals surface area contributed by atoms with Gasteiger partial charge in [-0.25, -0.2) is 0 Å². The van der Waals surface area contributed by atoms with Gasteiger partial charge in [-0.15, -0.1) is 0 Å². The van der Waals surface area contributed by atoms with Crippen LogP contribution in [-0.4, -0.2) is 50.8 Å². The number of methoxy groups -OCH3 is 1. The lowest BCUT2D eigenvalue weighted by molar-refractivity contribution is -0.136. The van der Waals surface area contributed by atoms with Crippen LogP contribution >= 0.6 is 0 Å². The lowest BCUT2D eigenvalue weighted by Crippen LogP contribution is -2.35. The van der Waals surface area contributed by atoms with Crippen molar-refractivity contribution in [1.82, 2.24) is 4.90 Å². The average Bonchev–Trinajstić information content (AvgIpc) is 2.10. The molecule has 1 amide bonds. The van der Waals surface area contributed by atoms with Gasteiger partial charge in [0, 0.05) is 20.2 Å². The number of carbonyl (C=O) groups excluding carboxylic acids is 1. The Bertz CT molecular complexity index is 148. The maximum atomic E-state index is 11.3. The molecular weight excluding hydrogens is 170 g/mol. The molecule has 0 aromatic heterocycles. The van der Waals surface area contributed by atoms with Gasteiger partial charge < -0.3 is 14.4 Å². The lowest BCUT2D eigenvalue weighted by atomic mass is 10.3. The van der Waals surface area contributed by atoms with Crippen LogP contribution in [0.4, 0.5) is 0 Å². The van der Waals surface area contributed by atoms with Crippen LogP contribution in [0, 0.1) is 0 Å². The fourth-order valence-electron chi connectivity index (χ4n) is 0.692. The number of likely N-dealkylation sites (N-methyl/N-ethyl adjacent to an activating group) is 1. The number of rotatable bonds is 6. The molecule has 0 aliphatic carbocycles. The summed E-state index contributed by atoms with van der Waals surface area (Å²) in [6, 6.07) is 0.221. The van der Waals surface area contributed by atoms with E-state index in [4.69, 9.17) is 9.47 Å². The van der Waals surface area contributed by atoms with Crippen molar-refractivity contribution < 1.29 is 14.3 Å². The SMILES string of the molecule is COCCOCC(=O)N(C)C(C)C. The molecule has 0 radical (unpaired) electrons. The summed E-state index contributed by atoms with van der Waals surface area (Å²) in [7, 11) is 3.37. The van der Waals surface area contributed by atoms with Crippen LogP contribution in [0.5, 0.6) is 0 Å². The van der Waals surface area contributed by atoms with Crippen LogP contribution in [0.25, 0.3) is 0 Å². The summed E-state index contributed by atoms with van der Waals surface area (Å²) in [6.07, 6.45) is 0. The molecular formula is C9H19NO3. The predicted octanol–water partition coefficient (Wildman–Crippen LogP) is 0.516. The zero-order valence-electron chi connectivity index (χ0n) is 8.87. The molecule has 0 aliphatic heterocycles. The summed E-state index contributed by atoms with van der Waals surface area (Å²) in [6.45, 7) is 5.06. The number of carbonyl (C=O) groups is 1. The minimum Gasteiger partial charge on any atom is -0.382 e. The number of hydrogen-bond acceptors (Lipinski definition) is 3. The van der Waals surface area contributed by atoms with Crippen molar-refractivity contribution in [3.63, 3.8) is 0 Å². The van der Waals surface area contributed by atoms with E-state index < -0.39 is 0 Å². The van der Waals surface area contributed by atoms with E-state index in [0.717, 1.165) is 0 Å². The van der Waals surface area contributed by atoms with Crippen molar-refractivity contribution >= 4 is 5.91 Å². The van der Waals surface area contributed by atoms with E-state index in [2.05, 4.69) is 0 Å². The van der Waals surface area contributed by atoms with Crippen LogP contribution < -0.4 is 0 Å². The van der Waals surface area contributed by atoms with Crippen molar-refractivity contribution in [3.05, 3.63) is 0 Å². The fraction of sp³-hybridized carbons (Fsp3) is 0.889. The molecule has 0 heterocycles. The van der Waals surface area contributed by atoms with Crippen molar-refractivity contribution in [2.45, 2.75) is 19.9 Å². The van der Waals surface area contributed by atoms with Gasteiger partial charge in [-0.2, -0.15) is 0 Å². The second-order valence-electron chi connectivity index (χ2n) is 3.14. The van der Waals surface area contributed by atoms with E-state index in [1.54, 1.807) is 19.1 Å². The monoisotopic (exact) mass is 189 g/mol. The number of hydrogen-bond donors (Lipinski definition) is 0. The highest BCUT2D eigenvalue weighted by molar-refractivity contribution is 5.77. The molecule has 0 saturated carbocycles. The molecule has 0 aliphatic rings. The van der Waals surface area contributed by atoms with Gasteiger partial charge >= 0.3 is 0 Å². The zero-order chi connectivity index (χ0) is 10.3. The van der Waals surface area contributed by atoms with Gasteiger partial charge in [-0.05, 0) is 13.8 Å². The predicted molar refractivity (Wildman–Crippen MR) is 50.6 cm³/mol. The molecule has 0 saturated heterocycles. The third kappa shape index (κ3) is 5.60. The molecule has 0 rings (SSSR count). The normalized spacial score (nSPS) is 10.5. The Labute approximate surface area is 79.8 Å². The summed E-state index contributed by atoms with van der Waals surface area (Å²) in [5.74, 6) is 0.00565. The third-order valence-electron chi connectivity index (χ3n) is 1.83. The molecule has 0 atom stereocenters. The lowest BCUT2D eigenvalue weighted by Gasteiger charge is -2.21. The van der Waals surface area contributed by atoms with Crippen molar-refractivity contribution in [2.75, 3.05) is 34.0 Å². The highest BCUT2D eigenvalue weighted by atomic mass is 16.5. The molecule has 0 unspecified atom stereocenters. The molecule has 0 spiro atoms. The van der Waals surface area contributed by atoms with Crippen LogP contribution in [0.3, 0.4) is 0 Å². The van der Waals surface area contributed by atoms with E-state index in [1.165, 1.54) is 0 Å². The zero-order valence-corrected chi connectivity index (χ0v) is 8.87. The maximum absolute atomic E-state index is 11.3. The molecule has 13 heavy (non-hydrogen) atoms. The number of amides is 1. The molecule has 78 valence electrons. The van der Waals surface area contributed by atoms with Gasteiger partial charge in [0.1, 0.15) is 6.61 Å². The van der Waals surface area contributed by atoms with E-state index >= 15 is 0 Å². The standard InChI is InChI=1S/C9H19NO3/c1-8(2)10(3)9(11)7-13-6-5-12-4/h8H,5-7H2,1-4H3. The summed E-state index contributed by atoms with van der Waals surface area (Å²) in [5, 5.41) is 0. The molecule has 4 heteroatoms. The Morgan fingerprint density at radius 1 is 1.38 bits per heavy atom. The topological polar surface area (TPSA) is 38.8 Å². The Hall–Kier alpha value is -0.610. The van der Waals surface area contributed by atoms with Crippen molar-refractivity contribution in [3.8, 4) is 0 Å². The first-order chi connectivity index (χ1) is 6.09. The van der Waals surface area contributed by atoms with Gasteiger partial charge in [0.15, 0.2) is 0 Å². The Morgan fingerprint density at radius 2 is 2.00 bits per heavy atom. The van der Waals surface area contributed by atoms with Crippen LogP contribution in [0.2, 0.25) is 0 Å². The van der Waals surface area contributed by atoms with E-state index in [0.29, 0.717) is 13.2 Å². The van der Waals surface area contributed by atoms with Crippen LogP contribution in [0.15, 0.2) is 0 Å². The van der Waals surface area contributed by atoms with E-state index in [-0.39, 0.29) is 18.6 Å². The Kier molecular flexibility index (Phi) is 6.54. The summed E-state index contributed by atoms with van der Waals surface area (Å²) in [4.78, 5) is 13.0. The fourth-order valence-corrected chi connectivity index (χ4v) is 0.692. The summed E-state index contributed by atoms with van der Waals surface area (Å²) < 4.78 is 9.87. The van der Waals surface area contributed by atoms with Gasteiger partial charge in [0.2, 0.25) is 5.91 Å². The second-order valence-corrected chi connectivity index (χ2v) is 3.14. The van der Waals surface area contributed by atoms with Crippen molar-refractivity contribution in [2.24, 2.45) is 0 Å². The Balaban J connectivity index is 3.50. The number of ether oxygens (including phenoxy) is 2. The minimum atomic E-state index is 0.00565. The largest absolute Gasteiger partial charge is 0.382 e. The molecule has 0 aromatic carbocycles. The molecule has 0 aromatic rings. The number of nitrogens with zero attached hydrogens (tertiary/aromatic N) is 1. The van der Waals surface area contributed by atoms with Crippen LogP contribution in [-0.2, 0) is 14.3 Å². The van der Waals surface area contributed by atoms with Crippen molar-refractivity contribution in [1.29, 1.82) is 0 Å². The van der Waals surface area contributed by atoms with E-state index in [1.807, 2.05) is 13.8 Å². The van der Waals surface area contributed by atoms with Crippen LogP contribution in [0.1, 0.15) is 13.8 Å². The van der Waals surface area contributed by atoms with Gasteiger partial charge in [-0.1, -0.05) is 0 Å². The first-order valence-corrected chi connectivity index (χ1v) is 4.42. The smallest absolute Gasteiger partial charge is 0.248 e. The van der Waals surface area contributed by atoms with Gasteiger partial charge in [0.25, 0.3) is 0 Å². The second kappa shape index (κ2) is 6.86. The molecule has 0 bridgehead atoms. The Morgan fingerprint density at radius 3 is 2.46 bits per heavy atom. The van der Waals surface area contributed by atoms with Gasteiger partial charge in [0.05, 0.1) is 13.2 Å². The minimum absolute atomic E-state index is 0.00565. The average molecular weight is 189 g/mol. The van der Waals surface area contributed by atoms with Gasteiger partial charge in [-0.3, -0.25) is 4.79 Å². The summed E-state index contributed by atoms with van der Waals surface area (Å²) in [5.41, 5.74) is 0. The molecule has 0 N–H and O–H groups in total.